The minimum atomic E-state index is -4.46. The molecule has 0 saturated carbocycles. The van der Waals surface area contributed by atoms with Crippen LogP contribution in [-0.2, 0) is 17.4 Å². The van der Waals surface area contributed by atoms with E-state index in [9.17, 15) is 13.2 Å². The summed E-state index contributed by atoms with van der Waals surface area (Å²) in [6, 6.07) is 1.76. The summed E-state index contributed by atoms with van der Waals surface area (Å²) in [5.74, 6) is 4.92. The molecule has 96 valence electrons. The summed E-state index contributed by atoms with van der Waals surface area (Å²) in [4.78, 5) is 4.36. The summed E-state index contributed by atoms with van der Waals surface area (Å²) in [7, 11) is 1.28. The lowest BCUT2D eigenvalue weighted by Crippen LogP contribution is -2.09. The molecule has 0 aromatic heterocycles. The van der Waals surface area contributed by atoms with E-state index in [0.717, 1.165) is 12.1 Å². The summed E-state index contributed by atoms with van der Waals surface area (Å²) >= 11 is 5.78. The first-order chi connectivity index (χ1) is 7.90. The molecule has 1 rings (SSSR count). The monoisotopic (exact) mass is 269 g/mol. The minimum absolute atomic E-state index is 0.0197. The highest BCUT2D eigenvalue weighted by Gasteiger charge is 2.32. The Morgan fingerprint density at radius 3 is 2.47 bits per heavy atom. The van der Waals surface area contributed by atoms with Gasteiger partial charge in [-0.1, -0.05) is 11.6 Å². The zero-order chi connectivity index (χ0) is 13.1. The fourth-order valence-corrected chi connectivity index (χ4v) is 1.67. The molecule has 2 N–H and O–H groups in total. The highest BCUT2D eigenvalue weighted by molar-refractivity contribution is 6.31. The van der Waals surface area contributed by atoms with Crippen molar-refractivity contribution < 1.29 is 22.7 Å². The Labute approximate surface area is 101 Å². The molecule has 0 bridgehead atoms. The van der Waals surface area contributed by atoms with E-state index >= 15 is 0 Å². The molecule has 3 nitrogen and oxygen atoms in total. The Bertz CT molecular complexity index is 396. The van der Waals surface area contributed by atoms with Gasteiger partial charge in [-0.05, 0) is 12.1 Å². The van der Waals surface area contributed by atoms with Crippen molar-refractivity contribution in [2.45, 2.75) is 12.6 Å². The first-order valence-electron chi connectivity index (χ1n) is 4.65. The highest BCUT2D eigenvalue weighted by Crippen LogP contribution is 2.37. The van der Waals surface area contributed by atoms with Crippen LogP contribution < -0.4 is 10.6 Å². The second-order valence-corrected chi connectivity index (χ2v) is 3.66. The van der Waals surface area contributed by atoms with Gasteiger partial charge in [0.2, 0.25) is 0 Å². The van der Waals surface area contributed by atoms with Gasteiger partial charge in [0.15, 0.2) is 0 Å². The lowest BCUT2D eigenvalue weighted by Gasteiger charge is -2.14. The van der Waals surface area contributed by atoms with Gasteiger partial charge in [-0.2, -0.15) is 13.2 Å². The van der Waals surface area contributed by atoms with Crippen molar-refractivity contribution >= 4 is 11.6 Å². The molecule has 0 saturated heterocycles. The largest absolute Gasteiger partial charge is 0.496 e. The molecule has 17 heavy (non-hydrogen) atoms. The standard InChI is InChI=1S/C10H11ClF3NO2/c1-16-9-5-6(10(12,13)14)4-8(11)7(9)2-3-17-15/h4-5H,2-3,15H2,1H3. The molecule has 0 aliphatic rings. The zero-order valence-electron chi connectivity index (χ0n) is 8.97. The van der Waals surface area contributed by atoms with Crippen LogP contribution in [0, 0.1) is 0 Å². The van der Waals surface area contributed by atoms with Gasteiger partial charge in [-0.15, -0.1) is 0 Å². The van der Waals surface area contributed by atoms with Gasteiger partial charge in [-0.25, -0.2) is 5.90 Å². The van der Waals surface area contributed by atoms with E-state index in [0.29, 0.717) is 5.56 Å². The molecule has 1 aromatic rings. The number of hydrogen-bond acceptors (Lipinski definition) is 3. The molecule has 0 unspecified atom stereocenters. The molecule has 0 spiro atoms. The van der Waals surface area contributed by atoms with Crippen LogP contribution in [-0.4, -0.2) is 13.7 Å². The normalized spacial score (nSPS) is 11.6. The SMILES string of the molecule is COc1cc(C(F)(F)F)cc(Cl)c1CCON. The zero-order valence-corrected chi connectivity index (χ0v) is 9.73. The van der Waals surface area contributed by atoms with Crippen molar-refractivity contribution in [2.75, 3.05) is 13.7 Å². The van der Waals surface area contributed by atoms with Gasteiger partial charge < -0.3 is 9.57 Å². The number of methoxy groups -OCH3 is 1. The maximum Gasteiger partial charge on any atom is 0.416 e. The lowest BCUT2D eigenvalue weighted by atomic mass is 10.1. The Balaban J connectivity index is 3.16. The molecule has 0 aliphatic heterocycles. The number of ether oxygens (including phenoxy) is 1. The van der Waals surface area contributed by atoms with Crippen molar-refractivity contribution in [1.29, 1.82) is 0 Å². The molecule has 1 aromatic carbocycles. The second-order valence-electron chi connectivity index (χ2n) is 3.26. The highest BCUT2D eigenvalue weighted by atomic mass is 35.5. The third-order valence-electron chi connectivity index (χ3n) is 2.17. The van der Waals surface area contributed by atoms with Crippen LogP contribution in [0.1, 0.15) is 11.1 Å². The molecule has 0 atom stereocenters. The van der Waals surface area contributed by atoms with E-state index in [1.165, 1.54) is 7.11 Å². The van der Waals surface area contributed by atoms with Crippen molar-refractivity contribution in [3.8, 4) is 5.75 Å². The van der Waals surface area contributed by atoms with Crippen LogP contribution >= 0.6 is 11.6 Å². The quantitative estimate of drug-likeness (QED) is 0.855. The van der Waals surface area contributed by atoms with Crippen molar-refractivity contribution in [2.24, 2.45) is 5.90 Å². The smallest absolute Gasteiger partial charge is 0.416 e. The number of nitrogens with two attached hydrogens (primary N) is 1. The van der Waals surface area contributed by atoms with Gasteiger partial charge in [0.25, 0.3) is 0 Å². The Morgan fingerprint density at radius 2 is 2.00 bits per heavy atom. The van der Waals surface area contributed by atoms with Gasteiger partial charge >= 0.3 is 6.18 Å². The van der Waals surface area contributed by atoms with E-state index in [1.807, 2.05) is 0 Å². The molecule has 7 heteroatoms. The molecule has 0 amide bonds. The number of hydrogen-bond donors (Lipinski definition) is 1. The average molecular weight is 270 g/mol. The van der Waals surface area contributed by atoms with E-state index in [2.05, 4.69) is 4.84 Å². The van der Waals surface area contributed by atoms with E-state index in [-0.39, 0.29) is 23.8 Å². The first-order valence-corrected chi connectivity index (χ1v) is 5.03. The summed E-state index contributed by atoms with van der Waals surface area (Å²) < 4.78 is 42.4. The lowest BCUT2D eigenvalue weighted by molar-refractivity contribution is -0.137. The van der Waals surface area contributed by atoms with E-state index < -0.39 is 11.7 Å². The Kier molecular flexibility index (Phi) is 4.62. The topological polar surface area (TPSA) is 44.5 Å². The number of benzene rings is 1. The van der Waals surface area contributed by atoms with Crippen molar-refractivity contribution in [1.82, 2.24) is 0 Å². The van der Waals surface area contributed by atoms with Crippen LogP contribution in [0.4, 0.5) is 13.2 Å². The molecule has 0 fully saturated rings. The Hall–Kier alpha value is -0.980. The Morgan fingerprint density at radius 1 is 1.35 bits per heavy atom. The summed E-state index contributed by atoms with van der Waals surface area (Å²) in [6.45, 7) is 0.140. The molecule has 0 radical (unpaired) electrons. The van der Waals surface area contributed by atoms with Gasteiger partial charge in [-0.3, -0.25) is 0 Å². The fourth-order valence-electron chi connectivity index (χ4n) is 1.36. The fraction of sp³-hybridized carbons (Fsp3) is 0.400. The maximum absolute atomic E-state index is 12.5. The van der Waals surface area contributed by atoms with Gasteiger partial charge in [0.1, 0.15) is 5.75 Å². The second kappa shape index (κ2) is 5.57. The molecule has 0 aliphatic carbocycles. The van der Waals surface area contributed by atoms with Crippen LogP contribution in [0.25, 0.3) is 0 Å². The summed E-state index contributed by atoms with van der Waals surface area (Å²) in [5.41, 5.74) is -0.413. The van der Waals surface area contributed by atoms with Gasteiger partial charge in [0, 0.05) is 17.0 Å². The predicted molar refractivity (Wildman–Crippen MR) is 56.8 cm³/mol. The van der Waals surface area contributed by atoms with Gasteiger partial charge in [0.05, 0.1) is 19.3 Å². The van der Waals surface area contributed by atoms with Crippen LogP contribution in [0.15, 0.2) is 12.1 Å². The minimum Gasteiger partial charge on any atom is -0.496 e. The van der Waals surface area contributed by atoms with Crippen molar-refractivity contribution in [3.05, 3.63) is 28.3 Å². The average Bonchev–Trinajstić information content (AvgIpc) is 2.25. The van der Waals surface area contributed by atoms with Crippen LogP contribution in [0.3, 0.4) is 0 Å². The summed E-state index contributed by atoms with van der Waals surface area (Å²) in [6.07, 6.45) is -4.18. The maximum atomic E-state index is 12.5. The predicted octanol–water partition coefficient (Wildman–Crippen LogP) is 2.80. The van der Waals surface area contributed by atoms with Crippen LogP contribution in [0.5, 0.6) is 5.75 Å². The van der Waals surface area contributed by atoms with Crippen molar-refractivity contribution in [3.63, 3.8) is 0 Å². The third kappa shape index (κ3) is 3.49. The molecular formula is C10H11ClF3NO2. The molecular weight excluding hydrogens is 259 g/mol. The first kappa shape index (κ1) is 14.1. The summed E-state index contributed by atoms with van der Waals surface area (Å²) in [5, 5.41) is -0.0197. The van der Waals surface area contributed by atoms with Crippen LogP contribution in [0.2, 0.25) is 5.02 Å². The molecule has 0 heterocycles. The number of alkyl halides is 3. The third-order valence-corrected chi connectivity index (χ3v) is 2.51. The van der Waals surface area contributed by atoms with E-state index in [4.69, 9.17) is 22.2 Å². The number of rotatable bonds is 4. The van der Waals surface area contributed by atoms with E-state index in [1.54, 1.807) is 0 Å². The number of halogens is 4.